The topological polar surface area (TPSA) is 231 Å². The van der Waals surface area contributed by atoms with E-state index in [1.165, 1.54) is 0 Å². The summed E-state index contributed by atoms with van der Waals surface area (Å²) in [5.41, 5.74) is 11.2. The van der Waals surface area contributed by atoms with Crippen molar-refractivity contribution in [3.63, 3.8) is 0 Å². The van der Waals surface area contributed by atoms with Gasteiger partial charge in [-0.1, -0.05) is 30.3 Å². The van der Waals surface area contributed by atoms with Crippen LogP contribution >= 0.6 is 12.6 Å². The van der Waals surface area contributed by atoms with Crippen molar-refractivity contribution in [3.8, 4) is 0 Å². The highest BCUT2D eigenvalue weighted by atomic mass is 32.1. The highest BCUT2D eigenvalue weighted by molar-refractivity contribution is 7.80. The van der Waals surface area contributed by atoms with E-state index in [2.05, 4.69) is 28.6 Å². The molecule has 0 saturated heterocycles. The summed E-state index contributed by atoms with van der Waals surface area (Å²) in [6.07, 6.45) is -1.37. The number of primary amides is 1. The second kappa shape index (κ2) is 14.6. The first-order valence-electron chi connectivity index (χ1n) is 10.5. The van der Waals surface area contributed by atoms with Crippen molar-refractivity contribution >= 4 is 48.2 Å². The molecule has 0 bridgehead atoms. The summed E-state index contributed by atoms with van der Waals surface area (Å²) in [7, 11) is 0. The third-order valence-corrected chi connectivity index (χ3v) is 5.12. The third-order valence-electron chi connectivity index (χ3n) is 4.75. The Morgan fingerprint density at radius 1 is 0.857 bits per heavy atom. The van der Waals surface area contributed by atoms with Gasteiger partial charge in [-0.15, -0.1) is 0 Å². The average Bonchev–Trinajstić information content (AvgIpc) is 2.79. The standard InChI is InChI=1S/C21H29N5O8S/c22-12(9-16(23)27)18(30)24-13(6-7-17(28)29)19(31)25-14(8-11-4-2-1-3-5-11)20(32)26-15(10-35)21(33)34/h1-5,12-15,35H,6-10,22H2,(H2,23,27)(H,24,30)(H,25,31)(H,26,32)(H,28,29)(H,33,34). The lowest BCUT2D eigenvalue weighted by atomic mass is 10.0. The first-order chi connectivity index (χ1) is 16.4. The minimum absolute atomic E-state index is 0.0297. The molecule has 0 heterocycles. The van der Waals surface area contributed by atoms with Gasteiger partial charge in [0.15, 0.2) is 0 Å². The fraction of sp³-hybridized carbons (Fsp3) is 0.429. The van der Waals surface area contributed by atoms with Gasteiger partial charge >= 0.3 is 11.9 Å². The zero-order valence-corrected chi connectivity index (χ0v) is 19.6. The van der Waals surface area contributed by atoms with Gasteiger partial charge in [-0.3, -0.25) is 24.0 Å². The SMILES string of the molecule is NC(=O)CC(N)C(=O)NC(CCC(=O)O)C(=O)NC(Cc1ccccc1)C(=O)NC(CS)C(=O)O. The van der Waals surface area contributed by atoms with E-state index >= 15 is 0 Å². The number of carboxylic acids is 2. The van der Waals surface area contributed by atoms with Crippen LogP contribution in [0.1, 0.15) is 24.8 Å². The van der Waals surface area contributed by atoms with Crippen LogP contribution in [0.5, 0.6) is 0 Å². The number of aliphatic carboxylic acids is 2. The molecule has 192 valence electrons. The van der Waals surface area contributed by atoms with Crippen LogP contribution < -0.4 is 27.4 Å². The largest absolute Gasteiger partial charge is 0.481 e. The normalized spacial score (nSPS) is 14.0. The molecule has 4 unspecified atom stereocenters. The van der Waals surface area contributed by atoms with Crippen LogP contribution in [0.2, 0.25) is 0 Å². The van der Waals surface area contributed by atoms with Gasteiger partial charge in [0.1, 0.15) is 18.1 Å². The van der Waals surface area contributed by atoms with E-state index in [1.54, 1.807) is 30.3 Å². The van der Waals surface area contributed by atoms with Gasteiger partial charge in [-0.2, -0.15) is 12.6 Å². The minimum Gasteiger partial charge on any atom is -0.481 e. The lowest BCUT2D eigenvalue weighted by Crippen LogP contribution is -2.58. The molecular weight excluding hydrogens is 482 g/mol. The van der Waals surface area contributed by atoms with Gasteiger partial charge in [-0.05, 0) is 12.0 Å². The van der Waals surface area contributed by atoms with Crippen LogP contribution in [-0.2, 0) is 35.2 Å². The monoisotopic (exact) mass is 511 g/mol. The molecule has 35 heavy (non-hydrogen) atoms. The predicted molar refractivity (Wildman–Crippen MR) is 126 cm³/mol. The Labute approximate surface area is 206 Å². The summed E-state index contributed by atoms with van der Waals surface area (Å²) in [4.78, 5) is 71.4. The van der Waals surface area contributed by atoms with E-state index in [1.807, 2.05) is 0 Å². The van der Waals surface area contributed by atoms with Gasteiger partial charge in [0, 0.05) is 18.6 Å². The number of benzene rings is 1. The zero-order chi connectivity index (χ0) is 26.5. The number of carbonyl (C=O) groups excluding carboxylic acids is 4. The zero-order valence-electron chi connectivity index (χ0n) is 18.7. The minimum atomic E-state index is -1.41. The number of hydrogen-bond acceptors (Lipinski definition) is 8. The second-order valence-electron chi connectivity index (χ2n) is 7.60. The Hall–Kier alpha value is -3.65. The molecule has 0 aliphatic carbocycles. The van der Waals surface area contributed by atoms with Crippen LogP contribution in [0.25, 0.3) is 0 Å². The first-order valence-corrected chi connectivity index (χ1v) is 11.1. The van der Waals surface area contributed by atoms with Crippen molar-refractivity contribution in [2.45, 2.75) is 49.9 Å². The summed E-state index contributed by atoms with van der Waals surface area (Å²) in [6, 6.07) is 3.15. The van der Waals surface area contributed by atoms with Gasteiger partial charge in [0.05, 0.1) is 12.5 Å². The van der Waals surface area contributed by atoms with Crippen molar-refractivity contribution in [2.75, 3.05) is 5.75 Å². The van der Waals surface area contributed by atoms with E-state index in [-0.39, 0.29) is 18.6 Å². The fourth-order valence-electron chi connectivity index (χ4n) is 2.91. The van der Waals surface area contributed by atoms with Crippen LogP contribution in [0, 0.1) is 0 Å². The number of hydrogen-bond donors (Lipinski definition) is 8. The quantitative estimate of drug-likeness (QED) is 0.119. The number of carboxylic acid groups (broad SMARTS) is 2. The second-order valence-corrected chi connectivity index (χ2v) is 7.97. The molecule has 0 aliphatic heterocycles. The highest BCUT2D eigenvalue weighted by Gasteiger charge is 2.30. The van der Waals surface area contributed by atoms with Gasteiger partial charge in [-0.25, -0.2) is 4.79 Å². The Bertz CT molecular complexity index is 930. The first kappa shape index (κ1) is 29.4. The molecule has 4 atom stereocenters. The molecule has 1 rings (SSSR count). The van der Waals surface area contributed by atoms with Crippen molar-refractivity contribution in [2.24, 2.45) is 11.5 Å². The van der Waals surface area contributed by atoms with Gasteiger partial charge in [0.25, 0.3) is 0 Å². The van der Waals surface area contributed by atoms with E-state index < -0.39 is 72.6 Å². The van der Waals surface area contributed by atoms with Crippen LogP contribution in [-0.4, -0.2) is 75.7 Å². The predicted octanol–water partition coefficient (Wildman–Crippen LogP) is -2.23. The average molecular weight is 512 g/mol. The van der Waals surface area contributed by atoms with E-state index in [0.29, 0.717) is 5.56 Å². The Kier molecular flexibility index (Phi) is 12.2. The fourth-order valence-corrected chi connectivity index (χ4v) is 3.16. The number of carbonyl (C=O) groups is 6. The maximum absolute atomic E-state index is 13.0. The molecule has 0 radical (unpaired) electrons. The molecule has 0 fully saturated rings. The summed E-state index contributed by atoms with van der Waals surface area (Å²) in [5, 5.41) is 25.2. The maximum atomic E-state index is 13.0. The molecule has 13 nitrogen and oxygen atoms in total. The number of thiol groups is 1. The van der Waals surface area contributed by atoms with E-state index in [9.17, 15) is 33.9 Å². The molecule has 14 heteroatoms. The number of nitrogens with one attached hydrogen (secondary N) is 3. The summed E-state index contributed by atoms with van der Waals surface area (Å²) in [6.45, 7) is 0. The molecule has 1 aromatic rings. The van der Waals surface area contributed by atoms with Crippen LogP contribution in [0.3, 0.4) is 0 Å². The number of rotatable bonds is 15. The van der Waals surface area contributed by atoms with Crippen molar-refractivity contribution < 1.29 is 39.0 Å². The summed E-state index contributed by atoms with van der Waals surface area (Å²) < 4.78 is 0. The van der Waals surface area contributed by atoms with Crippen molar-refractivity contribution in [1.82, 2.24) is 16.0 Å². The van der Waals surface area contributed by atoms with Gasteiger partial charge in [0.2, 0.25) is 23.6 Å². The maximum Gasteiger partial charge on any atom is 0.327 e. The number of amides is 4. The van der Waals surface area contributed by atoms with Crippen molar-refractivity contribution in [1.29, 1.82) is 0 Å². The lowest BCUT2D eigenvalue weighted by Gasteiger charge is -2.25. The summed E-state index contributed by atoms with van der Waals surface area (Å²) >= 11 is 3.90. The Balaban J connectivity index is 3.10. The Morgan fingerprint density at radius 2 is 1.40 bits per heavy atom. The van der Waals surface area contributed by atoms with Crippen molar-refractivity contribution in [3.05, 3.63) is 35.9 Å². The lowest BCUT2D eigenvalue weighted by molar-refractivity contribution is -0.141. The highest BCUT2D eigenvalue weighted by Crippen LogP contribution is 2.07. The number of nitrogens with two attached hydrogens (primary N) is 2. The molecule has 0 aromatic heterocycles. The third kappa shape index (κ3) is 10.9. The van der Waals surface area contributed by atoms with E-state index in [4.69, 9.17) is 16.6 Å². The molecule has 4 amide bonds. The van der Waals surface area contributed by atoms with E-state index in [0.717, 1.165) is 0 Å². The Morgan fingerprint density at radius 3 is 1.91 bits per heavy atom. The van der Waals surface area contributed by atoms with Crippen LogP contribution in [0.4, 0.5) is 0 Å². The van der Waals surface area contributed by atoms with Gasteiger partial charge < -0.3 is 37.6 Å². The molecule has 9 N–H and O–H groups in total. The smallest absolute Gasteiger partial charge is 0.327 e. The molecule has 0 aliphatic rings. The molecule has 1 aromatic carbocycles. The van der Waals surface area contributed by atoms with Crippen LogP contribution in [0.15, 0.2) is 30.3 Å². The molecular formula is C21H29N5O8S. The molecule has 0 spiro atoms. The molecule has 0 saturated carbocycles. The summed E-state index contributed by atoms with van der Waals surface area (Å²) in [5.74, 6) is -6.27.